The molecule has 0 radical (unpaired) electrons. The maximum Gasteiger partial charge on any atom is 0.282 e. The molecule has 1 aliphatic rings. The van der Waals surface area contributed by atoms with Crippen molar-refractivity contribution < 1.29 is 4.79 Å². The highest BCUT2D eigenvalue weighted by Crippen LogP contribution is 2.06. The molecule has 0 spiro atoms. The van der Waals surface area contributed by atoms with Crippen LogP contribution in [0.1, 0.15) is 13.8 Å². The van der Waals surface area contributed by atoms with Gasteiger partial charge in [-0.15, -0.1) is 0 Å². The van der Waals surface area contributed by atoms with Crippen molar-refractivity contribution in [2.75, 3.05) is 0 Å². The first-order valence-electron chi connectivity index (χ1n) is 4.23. The molecule has 0 bridgehead atoms. The van der Waals surface area contributed by atoms with Gasteiger partial charge in [0.2, 0.25) is 0 Å². The number of nitrogens with zero attached hydrogens (tertiary/aromatic N) is 2. The first kappa shape index (κ1) is 10.3. The SMILES string of the molecule is CC(C)C(=N)/C=C1/C(=O)N=CN=C1N. The van der Waals surface area contributed by atoms with Crippen LogP contribution in [0.25, 0.3) is 0 Å². The molecular formula is C9H12N4O. The van der Waals surface area contributed by atoms with Gasteiger partial charge in [0.1, 0.15) is 12.2 Å². The summed E-state index contributed by atoms with van der Waals surface area (Å²) in [6, 6.07) is 0. The Labute approximate surface area is 81.9 Å². The van der Waals surface area contributed by atoms with E-state index < -0.39 is 5.91 Å². The fraction of sp³-hybridized carbons (Fsp3) is 0.333. The minimum Gasteiger partial charge on any atom is -0.383 e. The Morgan fingerprint density at radius 3 is 2.79 bits per heavy atom. The maximum absolute atomic E-state index is 11.2. The van der Waals surface area contributed by atoms with Gasteiger partial charge >= 0.3 is 0 Å². The second kappa shape index (κ2) is 3.95. The molecule has 0 aliphatic carbocycles. The zero-order valence-corrected chi connectivity index (χ0v) is 8.11. The summed E-state index contributed by atoms with van der Waals surface area (Å²) in [4.78, 5) is 18.4. The molecule has 0 saturated heterocycles. The lowest BCUT2D eigenvalue weighted by molar-refractivity contribution is -0.113. The van der Waals surface area contributed by atoms with Gasteiger partial charge in [0.15, 0.2) is 0 Å². The molecule has 3 N–H and O–H groups in total. The number of carbonyl (C=O) groups excluding carboxylic acids is 1. The third-order valence-electron chi connectivity index (χ3n) is 1.80. The van der Waals surface area contributed by atoms with Crippen molar-refractivity contribution in [3.8, 4) is 0 Å². The lowest BCUT2D eigenvalue weighted by Gasteiger charge is -2.07. The lowest BCUT2D eigenvalue weighted by atomic mass is 10.0. The molecule has 0 saturated carbocycles. The Kier molecular flexibility index (Phi) is 2.91. The Morgan fingerprint density at radius 2 is 2.29 bits per heavy atom. The summed E-state index contributed by atoms with van der Waals surface area (Å²) in [5.74, 6) is -0.271. The highest BCUT2D eigenvalue weighted by atomic mass is 16.1. The van der Waals surface area contributed by atoms with E-state index >= 15 is 0 Å². The molecule has 1 amide bonds. The summed E-state index contributed by atoms with van der Waals surface area (Å²) < 4.78 is 0. The van der Waals surface area contributed by atoms with Crippen LogP contribution in [-0.4, -0.2) is 23.8 Å². The lowest BCUT2D eigenvalue weighted by Crippen LogP contribution is -2.24. The first-order chi connectivity index (χ1) is 6.52. The average molecular weight is 192 g/mol. The summed E-state index contributed by atoms with van der Waals surface area (Å²) in [5.41, 5.74) is 6.03. The van der Waals surface area contributed by atoms with Gasteiger partial charge in [-0.1, -0.05) is 13.8 Å². The van der Waals surface area contributed by atoms with Crippen LogP contribution in [-0.2, 0) is 4.79 Å². The van der Waals surface area contributed by atoms with E-state index in [1.807, 2.05) is 13.8 Å². The molecule has 74 valence electrons. The van der Waals surface area contributed by atoms with Crippen LogP contribution in [0.15, 0.2) is 21.6 Å². The number of hydrogen-bond donors (Lipinski definition) is 2. The van der Waals surface area contributed by atoms with Crippen LogP contribution < -0.4 is 5.73 Å². The minimum absolute atomic E-state index is 0.0500. The smallest absolute Gasteiger partial charge is 0.282 e. The van der Waals surface area contributed by atoms with E-state index in [1.54, 1.807) is 0 Å². The third-order valence-corrected chi connectivity index (χ3v) is 1.80. The number of aliphatic imine (C=N–C) groups is 2. The van der Waals surface area contributed by atoms with Gasteiger partial charge in [-0.2, -0.15) is 4.99 Å². The highest BCUT2D eigenvalue weighted by molar-refractivity contribution is 6.27. The number of nitrogens with one attached hydrogen (secondary N) is 1. The zero-order chi connectivity index (χ0) is 10.7. The summed E-state index contributed by atoms with van der Waals surface area (Å²) in [5, 5.41) is 7.57. The molecule has 0 unspecified atom stereocenters. The number of rotatable bonds is 2. The van der Waals surface area contributed by atoms with E-state index in [4.69, 9.17) is 11.1 Å². The predicted molar refractivity (Wildman–Crippen MR) is 55.8 cm³/mol. The largest absolute Gasteiger partial charge is 0.383 e. The van der Waals surface area contributed by atoms with E-state index in [9.17, 15) is 4.79 Å². The van der Waals surface area contributed by atoms with Crippen molar-refractivity contribution in [2.45, 2.75) is 13.8 Å². The van der Waals surface area contributed by atoms with Gasteiger partial charge in [-0.3, -0.25) is 4.79 Å². The van der Waals surface area contributed by atoms with E-state index in [2.05, 4.69) is 9.98 Å². The highest BCUT2D eigenvalue weighted by Gasteiger charge is 2.16. The number of amides is 1. The maximum atomic E-state index is 11.2. The summed E-state index contributed by atoms with van der Waals surface area (Å²) in [6.45, 7) is 3.73. The molecule has 1 rings (SSSR count). The van der Waals surface area contributed by atoms with Crippen molar-refractivity contribution in [3.63, 3.8) is 0 Å². The van der Waals surface area contributed by atoms with Gasteiger partial charge in [0.05, 0.1) is 5.57 Å². The minimum atomic E-state index is -0.442. The Balaban J connectivity index is 2.98. The number of nitrogens with two attached hydrogens (primary N) is 1. The number of allylic oxidation sites excluding steroid dienone is 1. The van der Waals surface area contributed by atoms with Gasteiger partial charge in [-0.25, -0.2) is 4.99 Å². The van der Waals surface area contributed by atoms with E-state index in [0.29, 0.717) is 5.71 Å². The Bertz CT molecular complexity index is 363. The molecule has 0 aromatic rings. The first-order valence-corrected chi connectivity index (χ1v) is 4.23. The quantitative estimate of drug-likeness (QED) is 0.493. The topological polar surface area (TPSA) is 91.7 Å². The Morgan fingerprint density at radius 1 is 1.64 bits per heavy atom. The average Bonchev–Trinajstić information content (AvgIpc) is 2.11. The van der Waals surface area contributed by atoms with Crippen molar-refractivity contribution >= 4 is 23.8 Å². The van der Waals surface area contributed by atoms with E-state index in [-0.39, 0.29) is 17.3 Å². The van der Waals surface area contributed by atoms with Gasteiger partial charge in [0.25, 0.3) is 5.91 Å². The molecule has 14 heavy (non-hydrogen) atoms. The summed E-state index contributed by atoms with van der Waals surface area (Å²) in [6.07, 6.45) is 2.54. The van der Waals surface area contributed by atoms with Gasteiger partial charge in [0, 0.05) is 5.71 Å². The molecule has 5 nitrogen and oxygen atoms in total. The van der Waals surface area contributed by atoms with Crippen LogP contribution in [0.5, 0.6) is 0 Å². The number of amidine groups is 1. The van der Waals surface area contributed by atoms with Crippen LogP contribution >= 0.6 is 0 Å². The number of carbonyl (C=O) groups is 1. The van der Waals surface area contributed by atoms with Crippen LogP contribution in [0.2, 0.25) is 0 Å². The van der Waals surface area contributed by atoms with Crippen LogP contribution in [0.3, 0.4) is 0 Å². The van der Waals surface area contributed by atoms with Crippen molar-refractivity contribution in [3.05, 3.63) is 11.6 Å². The molecule has 1 aliphatic heterocycles. The molecular weight excluding hydrogens is 180 g/mol. The molecule has 0 aromatic heterocycles. The molecule has 0 fully saturated rings. The van der Waals surface area contributed by atoms with Crippen LogP contribution in [0, 0.1) is 11.3 Å². The molecule has 0 aromatic carbocycles. The van der Waals surface area contributed by atoms with Crippen molar-refractivity contribution in [2.24, 2.45) is 21.6 Å². The third kappa shape index (κ3) is 2.12. The second-order valence-corrected chi connectivity index (χ2v) is 3.23. The molecule has 5 heteroatoms. The zero-order valence-electron chi connectivity index (χ0n) is 8.11. The van der Waals surface area contributed by atoms with Gasteiger partial charge in [-0.05, 0) is 12.0 Å². The monoisotopic (exact) mass is 192 g/mol. The fourth-order valence-corrected chi connectivity index (χ4v) is 0.850. The molecule has 0 atom stereocenters. The van der Waals surface area contributed by atoms with Crippen LogP contribution in [0.4, 0.5) is 0 Å². The standard InChI is InChI=1S/C9H12N4O/c1-5(2)7(10)3-6-8(11)12-4-13-9(6)14/h3-5,10H,1-2H3,(H2,11,12,13,14)/b6-3+,10-7?. The summed E-state index contributed by atoms with van der Waals surface area (Å²) >= 11 is 0. The summed E-state index contributed by atoms with van der Waals surface area (Å²) in [7, 11) is 0. The normalized spacial score (nSPS) is 18.9. The van der Waals surface area contributed by atoms with Crippen molar-refractivity contribution in [1.29, 1.82) is 5.41 Å². The fourth-order valence-electron chi connectivity index (χ4n) is 0.850. The van der Waals surface area contributed by atoms with E-state index in [1.165, 1.54) is 6.08 Å². The Hall–Kier alpha value is -1.78. The van der Waals surface area contributed by atoms with E-state index in [0.717, 1.165) is 6.34 Å². The second-order valence-electron chi connectivity index (χ2n) is 3.23. The molecule has 1 heterocycles. The van der Waals surface area contributed by atoms with Crippen molar-refractivity contribution in [1.82, 2.24) is 0 Å². The van der Waals surface area contributed by atoms with Gasteiger partial charge < -0.3 is 11.1 Å². The predicted octanol–water partition coefficient (Wildman–Crippen LogP) is 0.514. The number of hydrogen-bond acceptors (Lipinski definition) is 4.